The second kappa shape index (κ2) is 8.75. The molecule has 1 heterocycles. The number of rotatable bonds is 7. The third kappa shape index (κ3) is 5.11. The number of hydrogen-bond donors (Lipinski definition) is 1. The molecule has 1 amide bonds. The van der Waals surface area contributed by atoms with Crippen molar-refractivity contribution in [1.29, 1.82) is 0 Å². The minimum atomic E-state index is -3.53. The molecule has 0 aliphatic carbocycles. The number of sulfonamides is 1. The Morgan fingerprint density at radius 3 is 2.46 bits per heavy atom. The smallest absolute Gasteiger partial charge is 0.260 e. The van der Waals surface area contributed by atoms with Gasteiger partial charge in [-0.15, -0.1) is 0 Å². The molecule has 0 unspecified atom stereocenters. The molecule has 0 saturated heterocycles. The number of hydrogen-bond acceptors (Lipinski definition) is 4. The van der Waals surface area contributed by atoms with Crippen LogP contribution in [0.1, 0.15) is 25.0 Å². The van der Waals surface area contributed by atoms with Gasteiger partial charge in [0, 0.05) is 19.6 Å². The Labute approximate surface area is 166 Å². The average Bonchev–Trinajstić information content (AvgIpc) is 2.70. The highest BCUT2D eigenvalue weighted by Crippen LogP contribution is 2.19. The molecular weight excluding hydrogens is 376 g/mol. The lowest BCUT2D eigenvalue weighted by Gasteiger charge is -2.28. The van der Waals surface area contributed by atoms with Crippen LogP contribution in [0.4, 0.5) is 0 Å². The van der Waals surface area contributed by atoms with Gasteiger partial charge in [-0.05, 0) is 47.7 Å². The van der Waals surface area contributed by atoms with Gasteiger partial charge < -0.3 is 9.64 Å². The number of nitrogens with zero attached hydrogens (tertiary/aromatic N) is 1. The Morgan fingerprint density at radius 1 is 1.11 bits per heavy atom. The van der Waals surface area contributed by atoms with Crippen LogP contribution in [-0.4, -0.2) is 38.9 Å². The second-order valence-corrected chi connectivity index (χ2v) is 9.11. The average molecular weight is 403 g/mol. The number of nitrogens with one attached hydrogen (secondary N) is 1. The van der Waals surface area contributed by atoms with Gasteiger partial charge in [0.15, 0.2) is 6.61 Å². The van der Waals surface area contributed by atoms with Crippen LogP contribution >= 0.6 is 0 Å². The van der Waals surface area contributed by atoms with Crippen molar-refractivity contribution in [2.75, 3.05) is 19.7 Å². The normalized spacial score (nSPS) is 14.0. The minimum absolute atomic E-state index is 0.0696. The molecule has 2 aromatic carbocycles. The van der Waals surface area contributed by atoms with Crippen molar-refractivity contribution in [2.45, 2.75) is 31.7 Å². The molecule has 1 N–H and O–H groups in total. The van der Waals surface area contributed by atoms with E-state index >= 15 is 0 Å². The van der Waals surface area contributed by atoms with E-state index < -0.39 is 10.0 Å². The summed E-state index contributed by atoms with van der Waals surface area (Å²) in [6.07, 6.45) is 0.845. The lowest BCUT2D eigenvalue weighted by molar-refractivity contribution is -0.134. The second-order valence-electron chi connectivity index (χ2n) is 7.34. The quantitative estimate of drug-likeness (QED) is 0.772. The monoisotopic (exact) mass is 402 g/mol. The van der Waals surface area contributed by atoms with Crippen LogP contribution in [0.15, 0.2) is 53.4 Å². The Kier molecular flexibility index (Phi) is 6.36. The molecule has 1 aliphatic rings. The number of benzene rings is 2. The van der Waals surface area contributed by atoms with Crippen LogP contribution in [-0.2, 0) is 27.8 Å². The number of ether oxygens (including phenoxy) is 1. The van der Waals surface area contributed by atoms with Crippen molar-refractivity contribution in [1.82, 2.24) is 9.62 Å². The molecule has 0 atom stereocenters. The first-order chi connectivity index (χ1) is 13.3. The van der Waals surface area contributed by atoms with E-state index in [2.05, 4.69) is 10.8 Å². The van der Waals surface area contributed by atoms with E-state index in [-0.39, 0.29) is 23.3 Å². The summed E-state index contributed by atoms with van der Waals surface area (Å²) >= 11 is 0. The minimum Gasteiger partial charge on any atom is -0.484 e. The third-order valence-electron chi connectivity index (χ3n) is 4.66. The molecule has 3 rings (SSSR count). The summed E-state index contributed by atoms with van der Waals surface area (Å²) in [6, 6.07) is 14.3. The highest BCUT2D eigenvalue weighted by Gasteiger charge is 2.21. The van der Waals surface area contributed by atoms with Gasteiger partial charge in [0.05, 0.1) is 4.90 Å². The van der Waals surface area contributed by atoms with Crippen molar-refractivity contribution in [3.63, 3.8) is 0 Å². The van der Waals surface area contributed by atoms with Crippen LogP contribution in [0.5, 0.6) is 5.75 Å². The fourth-order valence-corrected chi connectivity index (χ4v) is 4.23. The van der Waals surface area contributed by atoms with Gasteiger partial charge in [-0.2, -0.15) is 0 Å². The largest absolute Gasteiger partial charge is 0.484 e. The van der Waals surface area contributed by atoms with Crippen molar-refractivity contribution < 1.29 is 17.9 Å². The summed E-state index contributed by atoms with van der Waals surface area (Å²) in [5.74, 6) is 0.614. The van der Waals surface area contributed by atoms with E-state index in [1.54, 1.807) is 17.0 Å². The number of carbonyl (C=O) groups is 1. The Hall–Kier alpha value is -2.38. The molecule has 0 bridgehead atoms. The summed E-state index contributed by atoms with van der Waals surface area (Å²) in [5, 5.41) is 0. The third-order valence-corrected chi connectivity index (χ3v) is 6.10. The molecule has 0 aromatic heterocycles. The predicted octanol–water partition coefficient (Wildman–Crippen LogP) is 2.58. The number of carbonyl (C=O) groups excluding carboxylic acids is 1. The zero-order chi connectivity index (χ0) is 20.1. The van der Waals surface area contributed by atoms with Gasteiger partial charge >= 0.3 is 0 Å². The van der Waals surface area contributed by atoms with Gasteiger partial charge in [0.2, 0.25) is 10.0 Å². The maximum Gasteiger partial charge on any atom is 0.260 e. The van der Waals surface area contributed by atoms with Crippen LogP contribution in [0.2, 0.25) is 0 Å². The lowest BCUT2D eigenvalue weighted by atomic mass is 10.00. The SMILES string of the molecule is CC(C)CNS(=O)(=O)c1ccc(OCC(=O)N2CCc3ccccc3C2)cc1. The predicted molar refractivity (Wildman–Crippen MR) is 108 cm³/mol. The lowest BCUT2D eigenvalue weighted by Crippen LogP contribution is -2.38. The molecule has 0 spiro atoms. The Bertz CT molecular complexity index is 924. The van der Waals surface area contributed by atoms with Gasteiger partial charge in [0.1, 0.15) is 5.75 Å². The molecule has 7 heteroatoms. The summed E-state index contributed by atoms with van der Waals surface area (Å²) in [7, 11) is -3.53. The van der Waals surface area contributed by atoms with E-state index in [9.17, 15) is 13.2 Å². The zero-order valence-electron chi connectivity index (χ0n) is 16.2. The molecule has 0 radical (unpaired) electrons. The standard InChI is InChI=1S/C21H26N2O4S/c1-16(2)13-22-28(25,26)20-9-7-19(8-10-20)27-15-21(24)23-12-11-17-5-3-4-6-18(17)14-23/h3-10,16,22H,11-15H2,1-2H3. The van der Waals surface area contributed by atoms with Crippen molar-refractivity contribution in [3.8, 4) is 5.75 Å². The highest BCUT2D eigenvalue weighted by molar-refractivity contribution is 7.89. The molecule has 0 saturated carbocycles. The summed E-state index contributed by atoms with van der Waals surface area (Å²) in [5.41, 5.74) is 2.46. The molecule has 2 aromatic rings. The van der Waals surface area contributed by atoms with Crippen LogP contribution in [0.3, 0.4) is 0 Å². The van der Waals surface area contributed by atoms with E-state index in [0.29, 0.717) is 25.4 Å². The summed E-state index contributed by atoms with van der Waals surface area (Å²) in [6.45, 7) is 5.47. The maximum absolute atomic E-state index is 12.5. The molecule has 1 aliphatic heterocycles. The molecule has 0 fully saturated rings. The van der Waals surface area contributed by atoms with Crippen molar-refractivity contribution in [2.24, 2.45) is 5.92 Å². The fraction of sp³-hybridized carbons (Fsp3) is 0.381. The van der Waals surface area contributed by atoms with E-state index in [0.717, 1.165) is 6.42 Å². The summed E-state index contributed by atoms with van der Waals surface area (Å²) in [4.78, 5) is 14.4. The molecule has 6 nitrogen and oxygen atoms in total. The summed E-state index contributed by atoms with van der Waals surface area (Å²) < 4.78 is 32.6. The van der Waals surface area contributed by atoms with Crippen molar-refractivity contribution in [3.05, 3.63) is 59.7 Å². The van der Waals surface area contributed by atoms with Gasteiger partial charge in [0.25, 0.3) is 5.91 Å². The number of amides is 1. The first-order valence-corrected chi connectivity index (χ1v) is 10.9. The van der Waals surface area contributed by atoms with Gasteiger partial charge in [-0.1, -0.05) is 38.1 Å². The topological polar surface area (TPSA) is 75.7 Å². The number of fused-ring (bicyclic) bond motifs is 1. The fourth-order valence-electron chi connectivity index (χ4n) is 3.02. The van der Waals surface area contributed by atoms with Crippen LogP contribution in [0, 0.1) is 5.92 Å². The van der Waals surface area contributed by atoms with Crippen LogP contribution < -0.4 is 9.46 Å². The van der Waals surface area contributed by atoms with E-state index in [1.807, 2.05) is 32.0 Å². The van der Waals surface area contributed by atoms with Crippen LogP contribution in [0.25, 0.3) is 0 Å². The first-order valence-electron chi connectivity index (χ1n) is 9.42. The van der Waals surface area contributed by atoms with E-state index in [4.69, 9.17) is 4.74 Å². The van der Waals surface area contributed by atoms with Gasteiger partial charge in [-0.25, -0.2) is 13.1 Å². The zero-order valence-corrected chi connectivity index (χ0v) is 17.0. The molecular formula is C21H26N2O4S. The maximum atomic E-state index is 12.5. The Morgan fingerprint density at radius 2 is 1.79 bits per heavy atom. The first kappa shape index (κ1) is 20.4. The molecule has 150 valence electrons. The van der Waals surface area contributed by atoms with Gasteiger partial charge in [-0.3, -0.25) is 4.79 Å². The highest BCUT2D eigenvalue weighted by atomic mass is 32.2. The van der Waals surface area contributed by atoms with E-state index in [1.165, 1.54) is 23.3 Å². The molecule has 28 heavy (non-hydrogen) atoms. The van der Waals surface area contributed by atoms with Crippen molar-refractivity contribution >= 4 is 15.9 Å². The Balaban J connectivity index is 1.54.